The minimum absolute atomic E-state index is 0.0350. The Hall–Kier alpha value is -0.570. The maximum atomic E-state index is 10.8. The van der Waals surface area contributed by atoms with E-state index >= 15 is 0 Å². The summed E-state index contributed by atoms with van der Waals surface area (Å²) < 4.78 is 28.7. The van der Waals surface area contributed by atoms with Crippen LogP contribution in [0.3, 0.4) is 0 Å². The Balaban J connectivity index is 4.25. The van der Waals surface area contributed by atoms with Gasteiger partial charge in [-0.3, -0.25) is 4.79 Å². The Morgan fingerprint density at radius 3 is 2.91 bits per heavy atom. The lowest BCUT2D eigenvalue weighted by Gasteiger charge is -2.19. The van der Waals surface area contributed by atoms with Gasteiger partial charge in [0.1, 0.15) is 1.41 Å². The van der Waals surface area contributed by atoms with Gasteiger partial charge in [0, 0.05) is 14.7 Å². The van der Waals surface area contributed by atoms with Gasteiger partial charge in [-0.2, -0.15) is 0 Å². The van der Waals surface area contributed by atoms with Crippen molar-refractivity contribution < 1.29 is 14.1 Å². The summed E-state index contributed by atoms with van der Waals surface area (Å²) in [6.45, 7) is 5.37. The molecule has 0 rings (SSSR count). The zero-order chi connectivity index (χ0) is 12.2. The molecule has 0 amide bonds. The van der Waals surface area contributed by atoms with Gasteiger partial charge in [-0.25, -0.2) is 0 Å². The summed E-state index contributed by atoms with van der Waals surface area (Å²) in [5.41, 5.74) is -0.441. The quantitative estimate of drug-likeness (QED) is 0.655. The van der Waals surface area contributed by atoms with E-state index in [4.69, 9.17) is 5.58 Å². The zero-order valence-electron chi connectivity index (χ0n) is 11.1. The fourth-order valence-electron chi connectivity index (χ4n) is 0.475. The van der Waals surface area contributed by atoms with Crippen molar-refractivity contribution in [2.45, 2.75) is 39.1 Å². The summed E-state index contributed by atoms with van der Waals surface area (Å²) in [6.07, 6.45) is -2.52. The van der Waals surface area contributed by atoms with Crippen LogP contribution in [-0.2, 0) is 4.79 Å². The number of hydrogen-bond acceptors (Lipinski definition) is 3. The number of hydrogen-bond donors (Lipinski definition) is 2. The van der Waals surface area contributed by atoms with Crippen LogP contribution in [0.1, 0.15) is 36.3 Å². The van der Waals surface area contributed by atoms with Gasteiger partial charge < -0.3 is 10.4 Å². The first-order valence-electron chi connectivity index (χ1n) is 5.49. The number of nitrogens with one attached hydrogen (secondary N) is 1. The van der Waals surface area contributed by atoms with E-state index in [0.29, 0.717) is 0 Å². The van der Waals surface area contributed by atoms with Gasteiger partial charge in [-0.1, -0.05) is 0 Å². The Morgan fingerprint density at radius 2 is 2.45 bits per heavy atom. The Kier molecular flexibility index (Phi) is 2.03. The molecule has 0 heterocycles. The number of aliphatic carboxylic acids is 1. The molecule has 66 valence electrons. The van der Waals surface area contributed by atoms with Crippen LogP contribution in [0, 0.1) is 0 Å². The van der Waals surface area contributed by atoms with Crippen molar-refractivity contribution >= 4 is 5.97 Å². The molecule has 0 aliphatic carbocycles. The van der Waals surface area contributed by atoms with E-state index in [1.807, 2.05) is 0 Å². The fraction of sp³-hybridized carbons (Fsp3) is 0.875. The van der Waals surface area contributed by atoms with Crippen LogP contribution in [-0.4, -0.2) is 23.2 Å². The Bertz CT molecular complexity index is 219. The van der Waals surface area contributed by atoms with E-state index in [9.17, 15) is 4.79 Å². The standard InChI is InChI=1S/C8H17NO2/c1-8(2,3)9-6-4-5-7(10)11/h9H,4-6H2,1-3H3,(H,10,11)/i4D,5D/hD2. The molecular formula is C8H17NO2. The van der Waals surface area contributed by atoms with Gasteiger partial charge in [-0.15, -0.1) is 0 Å². The summed E-state index contributed by atoms with van der Waals surface area (Å²) >= 11 is 0. The van der Waals surface area contributed by atoms with Crippen molar-refractivity contribution in [2.75, 3.05) is 6.54 Å². The lowest BCUT2D eigenvalue weighted by atomic mass is 10.1. The second kappa shape index (κ2) is 4.34. The third-order valence-electron chi connectivity index (χ3n) is 0.925. The van der Waals surface area contributed by atoms with Crippen LogP contribution in [0.2, 0.25) is 1.41 Å². The van der Waals surface area contributed by atoms with Crippen molar-refractivity contribution in [2.24, 2.45) is 0 Å². The average molecular weight is 163 g/mol. The molecule has 0 spiro atoms. The molecule has 0 bridgehead atoms. The molecule has 11 heavy (non-hydrogen) atoms. The van der Waals surface area contributed by atoms with Crippen LogP contribution in [0.25, 0.3) is 1.43 Å². The molecule has 0 aliphatic rings. The van der Waals surface area contributed by atoms with Gasteiger partial charge >= 0.3 is 5.97 Å². The van der Waals surface area contributed by atoms with Crippen LogP contribution in [0.5, 0.6) is 0 Å². The van der Waals surface area contributed by atoms with Crippen molar-refractivity contribution in [1.82, 2.24) is 5.31 Å². The van der Waals surface area contributed by atoms with Crippen molar-refractivity contribution in [3.63, 3.8) is 0 Å². The van der Waals surface area contributed by atoms with E-state index < -0.39 is 24.3 Å². The first-order valence-corrected chi connectivity index (χ1v) is 3.48. The second-order valence-electron chi connectivity index (χ2n) is 3.23. The molecule has 0 saturated heterocycles. The molecule has 2 N–H and O–H groups in total. The van der Waals surface area contributed by atoms with Crippen molar-refractivity contribution in [3.8, 4) is 0 Å². The predicted octanol–water partition coefficient (Wildman–Crippen LogP) is 1.24. The lowest BCUT2D eigenvalue weighted by molar-refractivity contribution is -0.137. The molecule has 0 fully saturated rings. The van der Waals surface area contributed by atoms with Crippen molar-refractivity contribution in [3.05, 3.63) is 0 Å². The largest absolute Gasteiger partial charge is 0.481 e. The van der Waals surface area contributed by atoms with Crippen LogP contribution in [0.4, 0.5) is 0 Å². The number of carbonyl (C=O) groups is 1. The molecule has 0 radical (unpaired) electrons. The second-order valence-corrected chi connectivity index (χ2v) is 3.23. The maximum absolute atomic E-state index is 10.8. The third-order valence-corrected chi connectivity index (χ3v) is 0.925. The van der Waals surface area contributed by atoms with Gasteiger partial charge in [0.25, 0.3) is 1.43 Å². The minimum atomic E-state index is -1.43. The molecule has 0 aromatic heterocycles. The minimum Gasteiger partial charge on any atom is -0.481 e. The van der Waals surface area contributed by atoms with Gasteiger partial charge in [0.15, 0.2) is 0 Å². The molecule has 0 aliphatic heterocycles. The molecule has 2 unspecified atom stereocenters. The van der Waals surface area contributed by atoms with Gasteiger partial charge in [0.2, 0.25) is 0 Å². The summed E-state index contributed by atoms with van der Waals surface area (Å²) in [5, 5.41) is 4.77. The zero-order valence-corrected chi connectivity index (χ0v) is 7.13. The predicted molar refractivity (Wildman–Crippen MR) is 44.6 cm³/mol. The van der Waals surface area contributed by atoms with Crippen LogP contribution >= 0.6 is 0 Å². The Morgan fingerprint density at radius 1 is 1.82 bits per heavy atom. The monoisotopic (exact) mass is 163 g/mol. The first kappa shape index (κ1) is 5.14. The number of rotatable bonds is 4. The molecule has 3 nitrogen and oxygen atoms in total. The molecule has 0 aromatic carbocycles. The molecule has 2 atom stereocenters. The molecular weight excluding hydrogens is 142 g/mol. The van der Waals surface area contributed by atoms with E-state index in [-0.39, 0.29) is 6.54 Å². The summed E-state index contributed by atoms with van der Waals surface area (Å²) in [5.74, 6) is -1.06. The summed E-state index contributed by atoms with van der Waals surface area (Å²) in [7, 11) is 0. The fourth-order valence-corrected chi connectivity index (χ4v) is 0.475. The van der Waals surface area contributed by atoms with E-state index in [1.165, 1.54) is 0 Å². The Labute approximate surface area is 73.6 Å². The van der Waals surface area contributed by atoms with Gasteiger partial charge in [0.05, 0.1) is 0 Å². The van der Waals surface area contributed by atoms with E-state index in [1.54, 1.807) is 20.8 Å². The summed E-state index contributed by atoms with van der Waals surface area (Å²) in [4.78, 5) is 10.8. The summed E-state index contributed by atoms with van der Waals surface area (Å²) in [6, 6.07) is 0. The third kappa shape index (κ3) is 9.43. The number of carboxylic acids is 1. The van der Waals surface area contributed by atoms with E-state index in [0.717, 1.165) is 5.31 Å². The highest BCUT2D eigenvalue weighted by molar-refractivity contribution is 5.66. The highest BCUT2D eigenvalue weighted by atomic mass is 16.4. The van der Waals surface area contributed by atoms with Crippen molar-refractivity contribution in [1.29, 1.82) is 1.43 Å². The molecule has 3 heteroatoms. The number of carboxylic acid groups (broad SMARTS) is 1. The van der Waals surface area contributed by atoms with Crippen LogP contribution in [0.15, 0.2) is 0 Å². The highest BCUT2D eigenvalue weighted by Crippen LogP contribution is 1.98. The molecule has 0 aromatic rings. The highest BCUT2D eigenvalue weighted by Gasteiger charge is 2.07. The van der Waals surface area contributed by atoms with Gasteiger partial charge in [-0.05, 0) is 33.7 Å². The average Bonchev–Trinajstić information content (AvgIpc) is 2.13. The normalized spacial score (nSPS) is 22.5. The van der Waals surface area contributed by atoms with Crippen LogP contribution < -0.4 is 5.31 Å². The SMILES string of the molecule is [2H]OC(=O)C([2H])C([2H])CN([2H])C(C)(C)C. The first-order chi connectivity index (χ1) is 6.70. The van der Waals surface area contributed by atoms with E-state index in [2.05, 4.69) is 5.11 Å². The smallest absolute Gasteiger partial charge is 0.303 e. The maximum Gasteiger partial charge on any atom is 0.303 e. The molecule has 0 saturated carbocycles. The lowest BCUT2D eigenvalue weighted by Crippen LogP contribution is -2.36. The topological polar surface area (TPSA) is 49.3 Å².